The molecule has 0 saturated heterocycles. The number of allylic oxidation sites excluding steroid dienone is 2. The number of hydrogen-bond donors (Lipinski definition) is 0. The van der Waals surface area contributed by atoms with E-state index in [1.54, 1.807) is 30.1 Å². The molecule has 0 spiro atoms. The number of hydrogen-bond acceptors (Lipinski definition) is 2. The molecule has 2 aliphatic heterocycles. The zero-order valence-electron chi connectivity index (χ0n) is 11.1. The van der Waals surface area contributed by atoms with Gasteiger partial charge in [0.15, 0.2) is 0 Å². The molecule has 2 aliphatic rings. The van der Waals surface area contributed by atoms with Gasteiger partial charge in [-0.3, -0.25) is 0 Å². The molecule has 3 nitrogen and oxygen atoms in total. The summed E-state index contributed by atoms with van der Waals surface area (Å²) in [6.07, 6.45) is 1.97. The normalized spacial score (nSPS) is 21.9. The lowest BCUT2D eigenvalue weighted by atomic mass is 9.95. The molecule has 3 rings (SSSR count). The monoisotopic (exact) mass is 288 g/mol. The van der Waals surface area contributed by atoms with Crippen LogP contribution in [0, 0.1) is 5.82 Å². The van der Waals surface area contributed by atoms with E-state index in [0.29, 0.717) is 11.3 Å². The van der Waals surface area contributed by atoms with Crippen LogP contribution in [-0.2, 0) is 0 Å². The van der Waals surface area contributed by atoms with Gasteiger partial charge in [0.1, 0.15) is 11.2 Å². The lowest BCUT2D eigenvalue weighted by Gasteiger charge is -2.35. The molecule has 5 heteroatoms. The highest BCUT2D eigenvalue weighted by Crippen LogP contribution is 2.36. The first kappa shape index (κ1) is 13.1. The van der Waals surface area contributed by atoms with Crippen LogP contribution in [-0.4, -0.2) is 29.1 Å². The number of urea groups is 1. The van der Waals surface area contributed by atoms with Crippen LogP contribution in [0.3, 0.4) is 0 Å². The Morgan fingerprint density at radius 2 is 2.10 bits per heavy atom. The fraction of sp³-hybridized carbons (Fsp3) is 0.200. The van der Waals surface area contributed by atoms with Crippen LogP contribution in [0.2, 0.25) is 0 Å². The molecular formula is C15H13FN2OS. The Balaban J connectivity index is 2.23. The Morgan fingerprint density at radius 3 is 2.85 bits per heavy atom. The molecule has 0 radical (unpaired) electrons. The van der Waals surface area contributed by atoms with Crippen molar-refractivity contribution in [2.24, 2.45) is 4.99 Å². The Morgan fingerprint density at radius 1 is 1.35 bits per heavy atom. The number of amides is 2. The van der Waals surface area contributed by atoms with E-state index in [9.17, 15) is 9.18 Å². The molecule has 0 aliphatic carbocycles. The fourth-order valence-electron chi connectivity index (χ4n) is 2.35. The largest absolute Gasteiger partial charge is 0.345 e. The predicted molar refractivity (Wildman–Crippen MR) is 79.3 cm³/mol. The number of aliphatic imine (C=N–C) groups is 1. The van der Waals surface area contributed by atoms with Crippen molar-refractivity contribution < 1.29 is 9.18 Å². The second-order valence-corrected chi connectivity index (χ2v) is 5.71. The SMILES string of the molecule is CC1=C2C(c3ccccc3F)=NC(=O)N(C)C2SC=C1. The number of carbonyl (C=O) groups excluding carboxylic acids is 1. The van der Waals surface area contributed by atoms with Crippen molar-refractivity contribution in [2.45, 2.75) is 12.3 Å². The molecule has 2 amide bonds. The van der Waals surface area contributed by atoms with Crippen molar-refractivity contribution >= 4 is 23.5 Å². The van der Waals surface area contributed by atoms with Gasteiger partial charge in [-0.25, -0.2) is 9.18 Å². The van der Waals surface area contributed by atoms with Crippen LogP contribution >= 0.6 is 11.8 Å². The fourth-order valence-corrected chi connectivity index (χ4v) is 3.49. The molecule has 1 unspecified atom stereocenters. The third-order valence-electron chi connectivity index (χ3n) is 3.44. The maximum absolute atomic E-state index is 14.0. The smallest absolute Gasteiger partial charge is 0.309 e. The summed E-state index contributed by atoms with van der Waals surface area (Å²) >= 11 is 1.53. The molecule has 102 valence electrons. The zero-order chi connectivity index (χ0) is 14.3. The summed E-state index contributed by atoms with van der Waals surface area (Å²) in [6.45, 7) is 1.96. The summed E-state index contributed by atoms with van der Waals surface area (Å²) in [5.41, 5.74) is 2.74. The maximum Gasteiger partial charge on any atom is 0.345 e. The quantitative estimate of drug-likeness (QED) is 0.791. The van der Waals surface area contributed by atoms with E-state index < -0.39 is 0 Å². The number of halogens is 1. The molecule has 1 aromatic carbocycles. The van der Waals surface area contributed by atoms with Crippen molar-refractivity contribution in [2.75, 3.05) is 7.05 Å². The maximum atomic E-state index is 14.0. The van der Waals surface area contributed by atoms with E-state index in [1.165, 1.54) is 17.8 Å². The minimum atomic E-state index is -0.359. The molecule has 0 bridgehead atoms. The summed E-state index contributed by atoms with van der Waals surface area (Å²) in [5.74, 6) is -0.359. The zero-order valence-corrected chi connectivity index (χ0v) is 11.9. The lowest BCUT2D eigenvalue weighted by Crippen LogP contribution is -2.42. The van der Waals surface area contributed by atoms with Crippen molar-refractivity contribution in [3.63, 3.8) is 0 Å². The predicted octanol–water partition coefficient (Wildman–Crippen LogP) is 3.58. The van der Waals surface area contributed by atoms with Gasteiger partial charge in [0, 0.05) is 18.2 Å². The number of fused-ring (bicyclic) bond motifs is 1. The molecule has 1 aromatic rings. The topological polar surface area (TPSA) is 32.7 Å². The first-order valence-corrected chi connectivity index (χ1v) is 7.17. The minimum Gasteiger partial charge on any atom is -0.309 e. The molecule has 1 atom stereocenters. The van der Waals surface area contributed by atoms with Crippen LogP contribution < -0.4 is 0 Å². The minimum absolute atomic E-state index is 0.139. The van der Waals surface area contributed by atoms with Gasteiger partial charge in [0.25, 0.3) is 0 Å². The van der Waals surface area contributed by atoms with Gasteiger partial charge in [-0.2, -0.15) is 4.99 Å². The van der Waals surface area contributed by atoms with Crippen LogP contribution in [0.5, 0.6) is 0 Å². The van der Waals surface area contributed by atoms with E-state index in [4.69, 9.17) is 0 Å². The molecular weight excluding hydrogens is 275 g/mol. The molecule has 2 heterocycles. The second-order valence-electron chi connectivity index (χ2n) is 4.72. The molecule has 0 aromatic heterocycles. The van der Waals surface area contributed by atoms with Gasteiger partial charge in [-0.15, -0.1) is 11.8 Å². The molecule has 0 N–H and O–H groups in total. The summed E-state index contributed by atoms with van der Waals surface area (Å²) in [4.78, 5) is 17.7. The Labute approximate surface area is 120 Å². The number of benzene rings is 1. The average molecular weight is 288 g/mol. The van der Waals surface area contributed by atoms with E-state index in [-0.39, 0.29) is 17.2 Å². The third kappa shape index (κ3) is 1.98. The first-order valence-electron chi connectivity index (χ1n) is 6.23. The summed E-state index contributed by atoms with van der Waals surface area (Å²) in [6, 6.07) is 6.09. The van der Waals surface area contributed by atoms with Crippen LogP contribution in [0.15, 0.2) is 51.9 Å². The molecule has 0 fully saturated rings. The number of nitrogens with zero attached hydrogens (tertiary/aromatic N) is 2. The van der Waals surface area contributed by atoms with Crippen molar-refractivity contribution in [1.29, 1.82) is 0 Å². The molecule has 0 saturated carbocycles. The highest BCUT2D eigenvalue weighted by Gasteiger charge is 2.35. The Kier molecular flexibility index (Phi) is 3.22. The van der Waals surface area contributed by atoms with E-state index in [0.717, 1.165) is 11.1 Å². The van der Waals surface area contributed by atoms with Crippen LogP contribution in [0.1, 0.15) is 12.5 Å². The van der Waals surface area contributed by atoms with E-state index >= 15 is 0 Å². The highest BCUT2D eigenvalue weighted by molar-refractivity contribution is 8.03. The first-order chi connectivity index (χ1) is 9.59. The summed E-state index contributed by atoms with van der Waals surface area (Å²) in [5, 5.41) is 1.82. The van der Waals surface area contributed by atoms with Gasteiger partial charge < -0.3 is 4.90 Å². The third-order valence-corrected chi connectivity index (χ3v) is 4.55. The van der Waals surface area contributed by atoms with E-state index in [1.807, 2.05) is 18.4 Å². The van der Waals surface area contributed by atoms with Crippen LogP contribution in [0.4, 0.5) is 9.18 Å². The van der Waals surface area contributed by atoms with E-state index in [2.05, 4.69) is 4.99 Å². The van der Waals surface area contributed by atoms with Crippen molar-refractivity contribution in [1.82, 2.24) is 4.90 Å². The Bertz CT molecular complexity index is 678. The standard InChI is InChI=1S/C15H13FN2OS/c1-9-7-8-20-14-12(9)13(17-15(19)18(14)2)10-5-3-4-6-11(10)16/h3-8,14H,1-2H3. The Hall–Kier alpha value is -1.88. The van der Waals surface area contributed by atoms with Crippen LogP contribution in [0.25, 0.3) is 0 Å². The van der Waals surface area contributed by atoms with Crippen molar-refractivity contribution in [3.8, 4) is 0 Å². The van der Waals surface area contributed by atoms with Gasteiger partial charge in [0.05, 0.1) is 5.71 Å². The average Bonchev–Trinajstić information content (AvgIpc) is 2.44. The second kappa shape index (κ2) is 4.90. The number of carbonyl (C=O) groups is 1. The van der Waals surface area contributed by atoms with Gasteiger partial charge in [0.2, 0.25) is 0 Å². The van der Waals surface area contributed by atoms with Gasteiger partial charge in [-0.1, -0.05) is 18.2 Å². The highest BCUT2D eigenvalue weighted by atomic mass is 32.2. The van der Waals surface area contributed by atoms with Gasteiger partial charge >= 0.3 is 6.03 Å². The number of likely N-dealkylation sites (N-methyl/N-ethyl adjacent to an activating group) is 1. The molecule has 20 heavy (non-hydrogen) atoms. The number of thioether (sulfide) groups is 1. The van der Waals surface area contributed by atoms with Crippen molar-refractivity contribution in [3.05, 3.63) is 58.3 Å². The summed E-state index contributed by atoms with van der Waals surface area (Å²) < 4.78 is 14.0. The van der Waals surface area contributed by atoms with Gasteiger partial charge in [-0.05, 0) is 30.0 Å². The summed E-state index contributed by atoms with van der Waals surface area (Å²) in [7, 11) is 1.72. The number of rotatable bonds is 1. The lowest BCUT2D eigenvalue weighted by molar-refractivity contribution is 0.218.